The summed E-state index contributed by atoms with van der Waals surface area (Å²) in [4.78, 5) is 28.9. The van der Waals surface area contributed by atoms with Gasteiger partial charge in [0.25, 0.3) is 5.91 Å². The second-order valence-corrected chi connectivity index (χ2v) is 8.77. The lowest BCUT2D eigenvalue weighted by atomic mass is 9.86. The lowest BCUT2D eigenvalue weighted by Gasteiger charge is -2.24. The van der Waals surface area contributed by atoms with E-state index in [1.165, 1.54) is 37.6 Å². The van der Waals surface area contributed by atoms with Crippen molar-refractivity contribution >= 4 is 16.8 Å². The molecule has 0 radical (unpaired) electrons. The molecule has 5 heteroatoms. The van der Waals surface area contributed by atoms with Gasteiger partial charge in [0.2, 0.25) is 0 Å². The van der Waals surface area contributed by atoms with Gasteiger partial charge in [0.05, 0.1) is 16.8 Å². The van der Waals surface area contributed by atoms with E-state index in [0.29, 0.717) is 5.41 Å². The van der Waals surface area contributed by atoms with Gasteiger partial charge < -0.3 is 4.90 Å². The van der Waals surface area contributed by atoms with Crippen LogP contribution in [0, 0.1) is 19.3 Å². The predicted molar refractivity (Wildman–Crippen MR) is 114 cm³/mol. The molecule has 1 aromatic carbocycles. The average molecular weight is 386 g/mol. The first kappa shape index (κ1) is 18.2. The molecule has 148 valence electrons. The van der Waals surface area contributed by atoms with E-state index in [4.69, 9.17) is 4.98 Å². The minimum absolute atomic E-state index is 0.127. The van der Waals surface area contributed by atoms with Gasteiger partial charge in [-0.3, -0.25) is 4.79 Å². The van der Waals surface area contributed by atoms with Crippen molar-refractivity contribution in [2.24, 2.45) is 5.41 Å². The van der Waals surface area contributed by atoms with Crippen molar-refractivity contribution in [1.29, 1.82) is 0 Å². The number of carbonyl (C=O) groups is 1. The third kappa shape index (κ3) is 3.09. The highest BCUT2D eigenvalue weighted by Gasteiger charge is 2.42. The van der Waals surface area contributed by atoms with Gasteiger partial charge in [-0.25, -0.2) is 15.0 Å². The normalized spacial score (nSPS) is 18.1. The van der Waals surface area contributed by atoms with Crippen LogP contribution < -0.4 is 0 Å². The number of aromatic nitrogens is 3. The lowest BCUT2D eigenvalue weighted by Crippen LogP contribution is -2.31. The van der Waals surface area contributed by atoms with Crippen molar-refractivity contribution < 1.29 is 4.79 Å². The number of rotatable bonds is 2. The molecule has 1 aliphatic carbocycles. The summed E-state index contributed by atoms with van der Waals surface area (Å²) in [5.74, 6) is 0.127. The highest BCUT2D eigenvalue weighted by molar-refractivity contribution is 6.08. The van der Waals surface area contributed by atoms with Crippen LogP contribution in [0.15, 0.2) is 36.9 Å². The maximum atomic E-state index is 13.6. The first-order valence-corrected chi connectivity index (χ1v) is 10.5. The van der Waals surface area contributed by atoms with Gasteiger partial charge in [-0.1, -0.05) is 25.0 Å². The molecular weight excluding hydrogens is 360 g/mol. The van der Waals surface area contributed by atoms with Crippen LogP contribution >= 0.6 is 0 Å². The molecule has 1 saturated carbocycles. The van der Waals surface area contributed by atoms with Crippen LogP contribution in [0.2, 0.25) is 0 Å². The molecule has 3 aromatic rings. The Morgan fingerprint density at radius 2 is 1.83 bits per heavy atom. The highest BCUT2D eigenvalue weighted by atomic mass is 16.2. The average Bonchev–Trinajstić information content (AvgIpc) is 3.40. The van der Waals surface area contributed by atoms with Gasteiger partial charge in [-0.05, 0) is 55.7 Å². The Morgan fingerprint density at radius 3 is 2.59 bits per heavy atom. The lowest BCUT2D eigenvalue weighted by molar-refractivity contribution is 0.0775. The molecule has 2 fully saturated rings. The van der Waals surface area contributed by atoms with E-state index in [-0.39, 0.29) is 5.91 Å². The summed E-state index contributed by atoms with van der Waals surface area (Å²) in [5, 5.41) is 0.936. The molecule has 1 spiro atoms. The van der Waals surface area contributed by atoms with Crippen molar-refractivity contribution in [2.45, 2.75) is 46.0 Å². The molecule has 0 unspecified atom stereocenters. The number of carbonyl (C=O) groups excluding carboxylic acids is 1. The predicted octanol–water partition coefficient (Wildman–Crippen LogP) is 4.71. The Morgan fingerprint density at radius 1 is 1.07 bits per heavy atom. The molecule has 0 bridgehead atoms. The van der Waals surface area contributed by atoms with E-state index in [1.54, 1.807) is 12.4 Å². The molecule has 0 atom stereocenters. The van der Waals surface area contributed by atoms with Crippen LogP contribution in [0.1, 0.15) is 53.6 Å². The number of hydrogen-bond acceptors (Lipinski definition) is 4. The van der Waals surface area contributed by atoms with E-state index in [9.17, 15) is 4.79 Å². The zero-order chi connectivity index (χ0) is 20.0. The van der Waals surface area contributed by atoms with E-state index in [2.05, 4.69) is 34.8 Å². The van der Waals surface area contributed by atoms with Gasteiger partial charge in [-0.15, -0.1) is 0 Å². The second kappa shape index (κ2) is 6.90. The number of aryl methyl sites for hydroxylation is 2. The largest absolute Gasteiger partial charge is 0.338 e. The fourth-order valence-corrected chi connectivity index (χ4v) is 5.10. The summed E-state index contributed by atoms with van der Waals surface area (Å²) in [6.45, 7) is 5.91. The molecule has 3 heterocycles. The fourth-order valence-electron chi connectivity index (χ4n) is 5.10. The van der Waals surface area contributed by atoms with Crippen molar-refractivity contribution in [3.63, 3.8) is 0 Å². The Hall–Kier alpha value is -2.82. The van der Waals surface area contributed by atoms with Crippen LogP contribution in [-0.2, 0) is 0 Å². The molecule has 1 saturated heterocycles. The smallest absolute Gasteiger partial charge is 0.254 e. The van der Waals surface area contributed by atoms with Crippen LogP contribution in [0.25, 0.3) is 22.2 Å². The minimum Gasteiger partial charge on any atom is -0.338 e. The van der Waals surface area contributed by atoms with Crippen molar-refractivity contribution in [3.05, 3.63) is 53.6 Å². The Bertz CT molecular complexity index is 1090. The number of amides is 1. The number of fused-ring (bicyclic) bond motifs is 1. The zero-order valence-electron chi connectivity index (χ0n) is 17.1. The summed E-state index contributed by atoms with van der Waals surface area (Å²) in [7, 11) is 0. The summed E-state index contributed by atoms with van der Waals surface area (Å²) < 4.78 is 0. The van der Waals surface area contributed by atoms with Gasteiger partial charge in [0.15, 0.2) is 0 Å². The van der Waals surface area contributed by atoms with Crippen molar-refractivity contribution in [1.82, 2.24) is 19.9 Å². The molecule has 1 amide bonds. The molecule has 1 aliphatic heterocycles. The molecule has 5 rings (SSSR count). The van der Waals surface area contributed by atoms with E-state index in [0.717, 1.165) is 52.8 Å². The van der Waals surface area contributed by atoms with Crippen molar-refractivity contribution in [2.75, 3.05) is 13.1 Å². The van der Waals surface area contributed by atoms with E-state index >= 15 is 0 Å². The van der Waals surface area contributed by atoms with Gasteiger partial charge in [0, 0.05) is 36.4 Å². The maximum Gasteiger partial charge on any atom is 0.254 e. The number of likely N-dealkylation sites (tertiary alicyclic amines) is 1. The Balaban J connectivity index is 1.62. The summed E-state index contributed by atoms with van der Waals surface area (Å²) >= 11 is 0. The number of nitrogens with zero attached hydrogens (tertiary/aromatic N) is 4. The molecule has 2 aliphatic rings. The third-order valence-corrected chi connectivity index (χ3v) is 6.98. The first-order valence-electron chi connectivity index (χ1n) is 10.5. The van der Waals surface area contributed by atoms with Gasteiger partial charge >= 0.3 is 0 Å². The third-order valence-electron chi connectivity index (χ3n) is 6.98. The quantitative estimate of drug-likeness (QED) is 0.640. The SMILES string of the molecule is Cc1ccc2c(C(=O)N3CCC4(CCCC4)C3)cc(-c3cncnc3)nc2c1C. The number of benzene rings is 1. The molecular formula is C24H26N4O. The minimum atomic E-state index is 0.127. The van der Waals surface area contributed by atoms with Crippen molar-refractivity contribution in [3.8, 4) is 11.3 Å². The van der Waals surface area contributed by atoms with E-state index < -0.39 is 0 Å². The van der Waals surface area contributed by atoms with Crippen LogP contribution in [0.4, 0.5) is 0 Å². The Labute approximate surface area is 171 Å². The maximum absolute atomic E-state index is 13.6. The monoisotopic (exact) mass is 386 g/mol. The first-order chi connectivity index (χ1) is 14.1. The summed E-state index contributed by atoms with van der Waals surface area (Å²) in [6.07, 6.45) is 11.3. The zero-order valence-corrected chi connectivity index (χ0v) is 17.1. The standard InChI is InChI=1S/C24H26N4O/c1-16-5-6-19-20(23(29)28-10-9-24(14-28)7-3-4-8-24)11-21(27-22(19)17(16)2)18-12-25-15-26-13-18/h5-6,11-13,15H,3-4,7-10,14H2,1-2H3. The van der Waals surface area contributed by atoms with Crippen LogP contribution in [0.5, 0.6) is 0 Å². The second-order valence-electron chi connectivity index (χ2n) is 8.77. The summed E-state index contributed by atoms with van der Waals surface area (Å²) in [5.41, 5.74) is 5.88. The molecule has 2 aromatic heterocycles. The Kier molecular flexibility index (Phi) is 4.34. The highest BCUT2D eigenvalue weighted by Crippen LogP contribution is 2.45. The number of pyridine rings is 1. The molecule has 0 N–H and O–H groups in total. The van der Waals surface area contributed by atoms with Crippen LogP contribution in [-0.4, -0.2) is 38.8 Å². The van der Waals surface area contributed by atoms with Crippen LogP contribution in [0.3, 0.4) is 0 Å². The fraction of sp³-hybridized carbons (Fsp3) is 0.417. The topological polar surface area (TPSA) is 59.0 Å². The van der Waals surface area contributed by atoms with Gasteiger partial charge in [-0.2, -0.15) is 0 Å². The molecule has 5 nitrogen and oxygen atoms in total. The number of hydrogen-bond donors (Lipinski definition) is 0. The molecule has 29 heavy (non-hydrogen) atoms. The van der Waals surface area contributed by atoms with E-state index in [1.807, 2.05) is 12.1 Å². The summed E-state index contributed by atoms with van der Waals surface area (Å²) in [6, 6.07) is 6.06. The van der Waals surface area contributed by atoms with Gasteiger partial charge in [0.1, 0.15) is 6.33 Å².